The van der Waals surface area contributed by atoms with Gasteiger partial charge in [0.05, 0.1) is 23.5 Å². The van der Waals surface area contributed by atoms with Gasteiger partial charge in [0.1, 0.15) is 10.7 Å². The number of nitrogens with one attached hydrogen (secondary N) is 1. The van der Waals surface area contributed by atoms with Crippen LogP contribution in [0.5, 0.6) is 0 Å². The number of aryl methyl sites for hydroxylation is 2. The lowest BCUT2D eigenvalue weighted by molar-refractivity contribution is -0.167. The maximum absolute atomic E-state index is 12.5. The minimum atomic E-state index is -0.271. The van der Waals surface area contributed by atoms with Crippen LogP contribution in [0.25, 0.3) is 10.2 Å². The number of aromatic amines is 1. The van der Waals surface area contributed by atoms with E-state index in [0.717, 1.165) is 29.5 Å². The second-order valence-electron chi connectivity index (χ2n) is 5.88. The average molecular weight is 367 g/mol. The molecule has 0 unspecified atom stereocenters. The molecular formula is C16H21N3O3S2. The maximum atomic E-state index is 12.5. The Balaban J connectivity index is 1.79. The molecule has 1 aliphatic rings. The topological polar surface area (TPSA) is 75.3 Å². The Morgan fingerprint density at radius 3 is 2.96 bits per heavy atom. The number of thioether (sulfide) groups is 1. The number of carbonyl (C=O) groups is 1. The Hall–Kier alpha value is -1.38. The van der Waals surface area contributed by atoms with Crippen molar-refractivity contribution >= 4 is 39.2 Å². The van der Waals surface area contributed by atoms with E-state index >= 15 is 0 Å². The number of fused-ring (bicyclic) bond motifs is 3. The zero-order chi connectivity index (χ0) is 17.3. The Labute approximate surface area is 148 Å². The Bertz CT molecular complexity index is 815. The van der Waals surface area contributed by atoms with Crippen LogP contribution in [0, 0.1) is 0 Å². The lowest BCUT2D eigenvalue weighted by Gasteiger charge is -2.18. The molecule has 1 atom stereocenters. The standard InChI is InChI=1S/C16H21N3O3S2/c1-9(16(21)19(2)22-3)23-8-12-17-14(20)13-10-6-4-5-7-11(10)24-15(13)18-12/h9H,4-8H2,1-3H3,(H,17,18,20)/t9-/m1/s1. The third-order valence-corrected chi connectivity index (χ3v) is 6.60. The molecule has 0 fully saturated rings. The van der Waals surface area contributed by atoms with Gasteiger partial charge in [-0.25, -0.2) is 10.0 Å². The number of carbonyl (C=O) groups excluding carboxylic acids is 1. The summed E-state index contributed by atoms with van der Waals surface area (Å²) in [4.78, 5) is 39.0. The van der Waals surface area contributed by atoms with Crippen molar-refractivity contribution in [2.75, 3.05) is 14.2 Å². The molecule has 0 radical (unpaired) electrons. The fourth-order valence-corrected chi connectivity index (χ4v) is 5.01. The average Bonchev–Trinajstić information content (AvgIpc) is 2.97. The number of H-pyrrole nitrogens is 1. The van der Waals surface area contributed by atoms with Gasteiger partial charge in [-0.1, -0.05) is 0 Å². The van der Waals surface area contributed by atoms with Gasteiger partial charge in [-0.3, -0.25) is 14.4 Å². The van der Waals surface area contributed by atoms with Crippen LogP contribution in [-0.2, 0) is 28.2 Å². The monoisotopic (exact) mass is 367 g/mol. The van der Waals surface area contributed by atoms with Gasteiger partial charge in [-0.15, -0.1) is 23.1 Å². The van der Waals surface area contributed by atoms with E-state index in [1.807, 2.05) is 6.92 Å². The van der Waals surface area contributed by atoms with Crippen LogP contribution in [0.1, 0.15) is 36.0 Å². The molecule has 1 amide bonds. The van der Waals surface area contributed by atoms with E-state index in [4.69, 9.17) is 4.84 Å². The minimum absolute atomic E-state index is 0.0528. The smallest absolute Gasteiger partial charge is 0.259 e. The van der Waals surface area contributed by atoms with E-state index in [1.54, 1.807) is 18.4 Å². The molecule has 1 N–H and O–H groups in total. The van der Waals surface area contributed by atoms with Crippen LogP contribution in [0.3, 0.4) is 0 Å². The fraction of sp³-hybridized carbons (Fsp3) is 0.562. The van der Waals surface area contributed by atoms with Crippen molar-refractivity contribution in [2.45, 2.75) is 43.6 Å². The van der Waals surface area contributed by atoms with Crippen molar-refractivity contribution in [1.82, 2.24) is 15.0 Å². The zero-order valence-electron chi connectivity index (χ0n) is 14.0. The number of nitrogens with zero attached hydrogens (tertiary/aromatic N) is 2. The highest BCUT2D eigenvalue weighted by atomic mass is 32.2. The SMILES string of the molecule is CON(C)C(=O)[C@@H](C)SCc1nc2sc3c(c2c(=O)[nH]1)CCCC3. The molecule has 0 saturated heterocycles. The highest BCUT2D eigenvalue weighted by Gasteiger charge is 2.21. The van der Waals surface area contributed by atoms with Crippen LogP contribution in [0.4, 0.5) is 0 Å². The molecule has 2 aromatic rings. The summed E-state index contributed by atoms with van der Waals surface area (Å²) in [5.41, 5.74) is 1.14. The van der Waals surface area contributed by atoms with Gasteiger partial charge in [0, 0.05) is 11.9 Å². The maximum Gasteiger partial charge on any atom is 0.259 e. The first-order chi connectivity index (χ1) is 11.5. The Kier molecular flexibility index (Phi) is 5.27. The van der Waals surface area contributed by atoms with Crippen LogP contribution in [-0.4, -0.2) is 40.3 Å². The molecule has 2 heterocycles. The molecule has 130 valence electrons. The predicted molar refractivity (Wildman–Crippen MR) is 97.4 cm³/mol. The van der Waals surface area contributed by atoms with Gasteiger partial charge in [-0.2, -0.15) is 0 Å². The van der Waals surface area contributed by atoms with Crippen molar-refractivity contribution in [3.05, 3.63) is 26.6 Å². The molecule has 0 bridgehead atoms. The number of rotatable bonds is 5. The molecule has 1 aliphatic carbocycles. The van der Waals surface area contributed by atoms with Crippen LogP contribution in [0.2, 0.25) is 0 Å². The highest BCUT2D eigenvalue weighted by Crippen LogP contribution is 2.33. The third kappa shape index (κ3) is 3.36. The summed E-state index contributed by atoms with van der Waals surface area (Å²) in [6.45, 7) is 1.82. The van der Waals surface area contributed by atoms with E-state index < -0.39 is 0 Å². The predicted octanol–water partition coefficient (Wildman–Crippen LogP) is 2.50. The summed E-state index contributed by atoms with van der Waals surface area (Å²) in [6, 6.07) is 0. The van der Waals surface area contributed by atoms with Gasteiger partial charge < -0.3 is 4.98 Å². The first-order valence-electron chi connectivity index (χ1n) is 7.98. The number of aromatic nitrogens is 2. The lowest BCUT2D eigenvalue weighted by atomic mass is 9.97. The number of hydrogen-bond donors (Lipinski definition) is 1. The first kappa shape index (κ1) is 17.4. The van der Waals surface area contributed by atoms with Crippen molar-refractivity contribution in [2.24, 2.45) is 0 Å². The molecule has 8 heteroatoms. The van der Waals surface area contributed by atoms with Gasteiger partial charge >= 0.3 is 0 Å². The van der Waals surface area contributed by atoms with E-state index in [2.05, 4.69) is 9.97 Å². The van der Waals surface area contributed by atoms with Gasteiger partial charge in [0.2, 0.25) is 0 Å². The molecule has 0 spiro atoms. The summed E-state index contributed by atoms with van der Waals surface area (Å²) in [7, 11) is 3.04. The van der Waals surface area contributed by atoms with Gasteiger partial charge in [0.15, 0.2) is 0 Å². The van der Waals surface area contributed by atoms with E-state index in [9.17, 15) is 9.59 Å². The molecule has 3 rings (SSSR count). The van der Waals surface area contributed by atoms with Crippen molar-refractivity contribution < 1.29 is 9.63 Å². The summed E-state index contributed by atoms with van der Waals surface area (Å²) in [5.74, 6) is 0.992. The highest BCUT2D eigenvalue weighted by molar-refractivity contribution is 7.99. The van der Waals surface area contributed by atoms with Gasteiger partial charge in [-0.05, 0) is 38.2 Å². The minimum Gasteiger partial charge on any atom is -0.309 e. The second-order valence-corrected chi connectivity index (χ2v) is 8.29. The number of hydroxylamine groups is 2. The number of thiophene rings is 1. The molecular weight excluding hydrogens is 346 g/mol. The largest absolute Gasteiger partial charge is 0.309 e. The van der Waals surface area contributed by atoms with E-state index in [-0.39, 0.29) is 16.7 Å². The van der Waals surface area contributed by atoms with Crippen LogP contribution < -0.4 is 5.56 Å². The first-order valence-corrected chi connectivity index (χ1v) is 9.84. The molecule has 24 heavy (non-hydrogen) atoms. The van der Waals surface area contributed by atoms with E-state index in [0.29, 0.717) is 11.6 Å². The van der Waals surface area contributed by atoms with Crippen molar-refractivity contribution in [3.8, 4) is 0 Å². The Morgan fingerprint density at radius 1 is 1.46 bits per heavy atom. The summed E-state index contributed by atoms with van der Waals surface area (Å²) in [5, 5.41) is 1.71. The molecule has 0 aliphatic heterocycles. The summed E-state index contributed by atoms with van der Waals surface area (Å²) < 4.78 is 0. The molecule has 2 aromatic heterocycles. The van der Waals surface area contributed by atoms with Crippen molar-refractivity contribution in [3.63, 3.8) is 0 Å². The van der Waals surface area contributed by atoms with Crippen molar-refractivity contribution in [1.29, 1.82) is 0 Å². The molecule has 6 nitrogen and oxygen atoms in total. The van der Waals surface area contributed by atoms with Crippen LogP contribution in [0.15, 0.2) is 4.79 Å². The van der Waals surface area contributed by atoms with E-state index in [1.165, 1.54) is 40.8 Å². The fourth-order valence-electron chi connectivity index (χ4n) is 2.90. The normalized spacial score (nSPS) is 15.3. The third-order valence-electron chi connectivity index (χ3n) is 4.28. The molecule has 0 saturated carbocycles. The quantitative estimate of drug-likeness (QED) is 0.822. The van der Waals surface area contributed by atoms with Crippen LogP contribution >= 0.6 is 23.1 Å². The second kappa shape index (κ2) is 7.25. The number of hydrogen-bond acceptors (Lipinski definition) is 6. The lowest BCUT2D eigenvalue weighted by Crippen LogP contribution is -2.32. The summed E-state index contributed by atoms with van der Waals surface area (Å²) >= 11 is 3.08. The molecule has 0 aromatic carbocycles. The number of amides is 1. The zero-order valence-corrected chi connectivity index (χ0v) is 15.7. The van der Waals surface area contributed by atoms with Gasteiger partial charge in [0.25, 0.3) is 11.5 Å². The summed E-state index contributed by atoms with van der Waals surface area (Å²) in [6.07, 6.45) is 4.35. The Morgan fingerprint density at radius 2 is 2.21 bits per heavy atom.